The second-order valence-corrected chi connectivity index (χ2v) is 7.47. The number of nitrogens with one attached hydrogen (secondary N) is 2. The Labute approximate surface area is 170 Å². The molecular weight excluding hydrogens is 378 g/mol. The molecule has 3 amide bonds. The van der Waals surface area contributed by atoms with Crippen LogP contribution in [0.15, 0.2) is 36.5 Å². The quantitative estimate of drug-likeness (QED) is 0.432. The van der Waals surface area contributed by atoms with Crippen LogP contribution in [-0.4, -0.2) is 64.7 Å². The van der Waals surface area contributed by atoms with Crippen molar-refractivity contribution < 1.29 is 29.0 Å². The molecule has 1 saturated heterocycles. The molecule has 0 unspecified atom stereocenters. The lowest BCUT2D eigenvalue weighted by Gasteiger charge is -2.23. The number of carbonyl (C=O) groups excluding carboxylic acids is 3. The summed E-state index contributed by atoms with van der Waals surface area (Å²) < 4.78 is 5.05. The van der Waals surface area contributed by atoms with E-state index >= 15 is 0 Å². The molecule has 29 heavy (non-hydrogen) atoms. The van der Waals surface area contributed by atoms with E-state index in [1.807, 2.05) is 19.1 Å². The summed E-state index contributed by atoms with van der Waals surface area (Å²) in [6, 6.07) is -1.58. The average Bonchev–Trinajstić information content (AvgIpc) is 3.02. The molecule has 1 heterocycles. The zero-order valence-electron chi connectivity index (χ0n) is 17.2. The highest BCUT2D eigenvalue weighted by atomic mass is 16.6. The number of nitrogens with zero attached hydrogens (tertiary/aromatic N) is 1. The second-order valence-electron chi connectivity index (χ2n) is 7.47. The van der Waals surface area contributed by atoms with Crippen LogP contribution < -0.4 is 10.6 Å². The molecule has 3 N–H and O–H groups in total. The number of likely N-dealkylation sites (tertiary alicyclic amines) is 1. The van der Waals surface area contributed by atoms with Gasteiger partial charge in [0.05, 0.1) is 0 Å². The highest BCUT2D eigenvalue weighted by Crippen LogP contribution is 2.18. The molecule has 0 bridgehead atoms. The molecule has 0 radical (unpaired) electrons. The highest BCUT2D eigenvalue weighted by molar-refractivity contribution is 5.89. The Balaban J connectivity index is 2.62. The van der Waals surface area contributed by atoms with Gasteiger partial charge in [0.1, 0.15) is 18.2 Å². The summed E-state index contributed by atoms with van der Waals surface area (Å²) in [6.45, 7) is 6.58. The van der Waals surface area contributed by atoms with Crippen molar-refractivity contribution in [3.63, 3.8) is 0 Å². The van der Waals surface area contributed by atoms with Crippen molar-refractivity contribution in [2.24, 2.45) is 0 Å². The van der Waals surface area contributed by atoms with Crippen LogP contribution in [0, 0.1) is 0 Å². The van der Waals surface area contributed by atoms with Crippen LogP contribution in [0.5, 0.6) is 0 Å². The number of rotatable bonds is 7. The van der Waals surface area contributed by atoms with E-state index in [4.69, 9.17) is 4.74 Å². The summed E-state index contributed by atoms with van der Waals surface area (Å²) in [5.41, 5.74) is -0.713. The van der Waals surface area contributed by atoms with Crippen molar-refractivity contribution in [1.82, 2.24) is 15.5 Å². The first kappa shape index (κ1) is 23.9. The van der Waals surface area contributed by atoms with Crippen molar-refractivity contribution >= 4 is 23.9 Å². The van der Waals surface area contributed by atoms with Gasteiger partial charge in [0.15, 0.2) is 0 Å². The lowest BCUT2D eigenvalue weighted by atomic mass is 10.1. The van der Waals surface area contributed by atoms with E-state index in [0.29, 0.717) is 0 Å². The van der Waals surface area contributed by atoms with Gasteiger partial charge in [-0.25, -0.2) is 9.59 Å². The lowest BCUT2D eigenvalue weighted by molar-refractivity contribution is -0.147. The number of carboxylic acid groups (broad SMARTS) is 1. The number of allylic oxidation sites excluding steroid dienone is 5. The molecule has 1 aliphatic heterocycles. The van der Waals surface area contributed by atoms with Gasteiger partial charge < -0.3 is 25.4 Å². The number of ether oxygens (including phenoxy) is 1. The summed E-state index contributed by atoms with van der Waals surface area (Å²) in [7, 11) is 0. The van der Waals surface area contributed by atoms with E-state index in [0.717, 1.165) is 4.90 Å². The van der Waals surface area contributed by atoms with Crippen molar-refractivity contribution in [2.75, 3.05) is 13.1 Å². The minimum absolute atomic E-state index is 0.0415. The number of alkyl carbamates (subject to hydrolysis) is 1. The fraction of sp³-hybridized carbons (Fsp3) is 0.500. The Bertz CT molecular complexity index is 705. The number of aliphatic carboxylic acids is 1. The van der Waals surface area contributed by atoms with Gasteiger partial charge in [-0.05, 0) is 27.7 Å². The molecule has 160 valence electrons. The van der Waals surface area contributed by atoms with Crippen molar-refractivity contribution in [3.05, 3.63) is 36.5 Å². The topological polar surface area (TPSA) is 125 Å². The maximum Gasteiger partial charge on any atom is 0.408 e. The van der Waals surface area contributed by atoms with Gasteiger partial charge in [-0.2, -0.15) is 0 Å². The van der Waals surface area contributed by atoms with Crippen LogP contribution in [0.3, 0.4) is 0 Å². The molecule has 0 saturated carbocycles. The molecule has 0 spiro atoms. The van der Waals surface area contributed by atoms with E-state index < -0.39 is 42.2 Å². The normalized spacial score (nSPS) is 19.8. The molecule has 9 nitrogen and oxygen atoms in total. The number of hydrogen-bond donors (Lipinski definition) is 3. The summed E-state index contributed by atoms with van der Waals surface area (Å²) in [6.07, 6.45) is 9.31. The fourth-order valence-corrected chi connectivity index (χ4v) is 2.65. The van der Waals surface area contributed by atoms with Gasteiger partial charge >= 0.3 is 12.1 Å². The minimum atomic E-state index is -1.17. The van der Waals surface area contributed by atoms with Crippen LogP contribution >= 0.6 is 0 Å². The van der Waals surface area contributed by atoms with Crippen molar-refractivity contribution in [3.8, 4) is 0 Å². The second kappa shape index (κ2) is 11.0. The standard InChI is InChI=1S/C20H29N3O6/c1-5-6-7-8-9-10-16(24)22-14-11-15(18(26)27)23(13-14)17(25)12-21-19(28)29-20(2,3)4/h5-10,14-15H,11-13H2,1-4H3,(H,21,28)(H,22,24)(H,26,27)/b6-5-,8-7-,10-9+/t14-,15+/m1/s1. The summed E-state index contributed by atoms with van der Waals surface area (Å²) in [4.78, 5) is 48.7. The molecule has 1 fully saturated rings. The third kappa shape index (κ3) is 9.09. The third-order valence-electron chi connectivity index (χ3n) is 3.81. The molecular formula is C20H29N3O6. The van der Waals surface area contributed by atoms with E-state index in [1.54, 1.807) is 39.0 Å². The minimum Gasteiger partial charge on any atom is -0.480 e. The number of amides is 3. The SMILES string of the molecule is C\C=C/C=C\C=C\C(=O)N[C@@H]1C[C@@H](C(=O)O)N(C(=O)CNC(=O)OC(C)(C)C)C1. The average molecular weight is 407 g/mol. The van der Waals surface area contributed by atoms with Crippen LogP contribution in [0.1, 0.15) is 34.1 Å². The molecule has 9 heteroatoms. The lowest BCUT2D eigenvalue weighted by Crippen LogP contribution is -2.46. The zero-order valence-corrected chi connectivity index (χ0v) is 17.2. The molecule has 0 aromatic heterocycles. The maximum atomic E-state index is 12.4. The summed E-state index contributed by atoms with van der Waals surface area (Å²) >= 11 is 0. The van der Waals surface area contributed by atoms with Gasteiger partial charge in [0.2, 0.25) is 11.8 Å². The molecule has 0 aromatic carbocycles. The Kier molecular flexibility index (Phi) is 9.11. The molecule has 0 aromatic rings. The van der Waals surface area contributed by atoms with Crippen molar-refractivity contribution in [1.29, 1.82) is 0 Å². The largest absolute Gasteiger partial charge is 0.480 e. The zero-order chi connectivity index (χ0) is 22.0. The Hall–Kier alpha value is -3.10. The number of carboxylic acids is 1. The van der Waals surface area contributed by atoms with Gasteiger partial charge in [-0.3, -0.25) is 9.59 Å². The predicted molar refractivity (Wildman–Crippen MR) is 107 cm³/mol. The smallest absolute Gasteiger partial charge is 0.408 e. The summed E-state index contributed by atoms with van der Waals surface area (Å²) in [5.74, 6) is -2.12. The Morgan fingerprint density at radius 3 is 2.38 bits per heavy atom. The van der Waals surface area contributed by atoms with Crippen LogP contribution in [0.2, 0.25) is 0 Å². The van der Waals surface area contributed by atoms with Gasteiger partial charge in [-0.15, -0.1) is 0 Å². The Morgan fingerprint density at radius 2 is 1.79 bits per heavy atom. The van der Waals surface area contributed by atoms with Crippen LogP contribution in [-0.2, 0) is 19.1 Å². The molecule has 1 aliphatic rings. The van der Waals surface area contributed by atoms with Crippen LogP contribution in [0.25, 0.3) is 0 Å². The van der Waals surface area contributed by atoms with E-state index in [2.05, 4.69) is 10.6 Å². The van der Waals surface area contributed by atoms with Crippen molar-refractivity contribution in [2.45, 2.75) is 51.8 Å². The highest BCUT2D eigenvalue weighted by Gasteiger charge is 2.40. The number of carbonyl (C=O) groups is 4. The first-order valence-corrected chi connectivity index (χ1v) is 9.29. The molecule has 0 aliphatic carbocycles. The monoisotopic (exact) mass is 407 g/mol. The van der Waals surface area contributed by atoms with Gasteiger partial charge in [0.25, 0.3) is 0 Å². The van der Waals surface area contributed by atoms with E-state index in [1.165, 1.54) is 6.08 Å². The van der Waals surface area contributed by atoms with E-state index in [-0.39, 0.29) is 18.9 Å². The first-order valence-electron chi connectivity index (χ1n) is 9.29. The maximum absolute atomic E-state index is 12.4. The van der Waals surface area contributed by atoms with Gasteiger partial charge in [-0.1, -0.05) is 30.4 Å². The van der Waals surface area contributed by atoms with Gasteiger partial charge in [0, 0.05) is 25.1 Å². The predicted octanol–water partition coefficient (Wildman–Crippen LogP) is 1.37. The molecule has 2 atom stereocenters. The van der Waals surface area contributed by atoms with Crippen LogP contribution in [0.4, 0.5) is 4.79 Å². The summed E-state index contributed by atoms with van der Waals surface area (Å²) in [5, 5.41) is 14.4. The van der Waals surface area contributed by atoms with E-state index in [9.17, 15) is 24.3 Å². The fourth-order valence-electron chi connectivity index (χ4n) is 2.65. The molecule has 1 rings (SSSR count). The first-order chi connectivity index (χ1) is 13.5. The number of hydrogen-bond acceptors (Lipinski definition) is 5. The Morgan fingerprint density at radius 1 is 1.14 bits per heavy atom. The third-order valence-corrected chi connectivity index (χ3v) is 3.81.